The first-order chi connectivity index (χ1) is 9.15. The highest BCUT2D eigenvalue weighted by Crippen LogP contribution is 2.21. The zero-order chi connectivity index (χ0) is 13.4. The van der Waals surface area contributed by atoms with Gasteiger partial charge in [-0.15, -0.1) is 5.10 Å². The maximum atomic E-state index is 5.61. The van der Waals surface area contributed by atoms with Crippen LogP contribution in [0.3, 0.4) is 0 Å². The fraction of sp³-hybridized carbons (Fsp3) is 0.167. The molecular formula is C12H13N7. The topological polar surface area (TPSA) is 85.2 Å². The second-order valence-electron chi connectivity index (χ2n) is 4.31. The van der Waals surface area contributed by atoms with Crippen LogP contribution in [0.5, 0.6) is 0 Å². The van der Waals surface area contributed by atoms with Crippen molar-refractivity contribution >= 4 is 17.4 Å². The van der Waals surface area contributed by atoms with Crippen molar-refractivity contribution in [2.24, 2.45) is 0 Å². The maximum absolute atomic E-state index is 5.61. The molecule has 3 aromatic rings. The predicted molar refractivity (Wildman–Crippen MR) is 72.8 cm³/mol. The maximum Gasteiger partial charge on any atom is 0.240 e. The molecule has 7 heteroatoms. The Morgan fingerprint density at radius 3 is 2.74 bits per heavy atom. The van der Waals surface area contributed by atoms with E-state index in [1.807, 2.05) is 31.1 Å². The molecule has 0 fully saturated rings. The number of rotatable bonds is 2. The van der Waals surface area contributed by atoms with Crippen molar-refractivity contribution in [3.63, 3.8) is 0 Å². The largest absolute Gasteiger partial charge is 0.366 e. The normalized spacial score (nSPS) is 10.8. The summed E-state index contributed by atoms with van der Waals surface area (Å²) in [4.78, 5) is 14.8. The molecule has 0 aliphatic carbocycles. The molecule has 0 saturated heterocycles. The number of hydrogen-bond donors (Lipinski definition) is 1. The highest BCUT2D eigenvalue weighted by Gasteiger charge is 2.10. The summed E-state index contributed by atoms with van der Waals surface area (Å²) in [6, 6.07) is 3.88. The van der Waals surface area contributed by atoms with Crippen LogP contribution in [0.25, 0.3) is 16.9 Å². The Labute approximate surface area is 109 Å². The smallest absolute Gasteiger partial charge is 0.240 e. The molecule has 2 N–H and O–H groups in total. The van der Waals surface area contributed by atoms with Crippen molar-refractivity contribution in [3.05, 3.63) is 30.7 Å². The van der Waals surface area contributed by atoms with Crippen molar-refractivity contribution in [2.45, 2.75) is 0 Å². The van der Waals surface area contributed by atoms with Crippen LogP contribution in [-0.4, -0.2) is 38.7 Å². The summed E-state index contributed by atoms with van der Waals surface area (Å²) in [6.45, 7) is 0. The number of nitrogens with zero attached hydrogens (tertiary/aromatic N) is 6. The average molecular weight is 255 g/mol. The molecule has 0 aromatic carbocycles. The first-order valence-electron chi connectivity index (χ1n) is 5.76. The summed E-state index contributed by atoms with van der Waals surface area (Å²) in [6.07, 6.45) is 5.14. The van der Waals surface area contributed by atoms with E-state index < -0.39 is 0 Å². The molecule has 0 amide bonds. The van der Waals surface area contributed by atoms with E-state index in [1.165, 1.54) is 0 Å². The molecule has 7 nitrogen and oxygen atoms in total. The molecule has 0 aliphatic heterocycles. The van der Waals surface area contributed by atoms with Crippen molar-refractivity contribution in [3.8, 4) is 11.3 Å². The van der Waals surface area contributed by atoms with E-state index in [9.17, 15) is 0 Å². The van der Waals surface area contributed by atoms with Crippen molar-refractivity contribution < 1.29 is 0 Å². The minimum Gasteiger partial charge on any atom is -0.366 e. The molecule has 0 unspecified atom stereocenters. The fourth-order valence-corrected chi connectivity index (χ4v) is 1.83. The van der Waals surface area contributed by atoms with Gasteiger partial charge in [0.1, 0.15) is 11.5 Å². The van der Waals surface area contributed by atoms with Gasteiger partial charge < -0.3 is 10.6 Å². The van der Waals surface area contributed by atoms with Crippen LogP contribution in [0.1, 0.15) is 0 Å². The molecule has 3 heterocycles. The summed E-state index contributed by atoms with van der Waals surface area (Å²) in [5, 5.41) is 4.06. The lowest BCUT2D eigenvalue weighted by molar-refractivity contribution is 0.953. The third kappa shape index (κ3) is 1.95. The van der Waals surface area contributed by atoms with Crippen molar-refractivity contribution in [1.29, 1.82) is 0 Å². The highest BCUT2D eigenvalue weighted by atomic mass is 15.3. The van der Waals surface area contributed by atoms with E-state index in [0.717, 1.165) is 11.4 Å². The first-order valence-corrected chi connectivity index (χ1v) is 5.76. The summed E-state index contributed by atoms with van der Waals surface area (Å²) >= 11 is 0. The first kappa shape index (κ1) is 11.4. The number of aromatic nitrogens is 5. The number of pyridine rings is 1. The molecule has 3 rings (SSSR count). The molecule has 0 bridgehead atoms. The van der Waals surface area contributed by atoms with Gasteiger partial charge in [-0.2, -0.15) is 4.98 Å². The summed E-state index contributed by atoms with van der Waals surface area (Å²) in [5.41, 5.74) is 7.82. The van der Waals surface area contributed by atoms with Gasteiger partial charge in [0.25, 0.3) is 0 Å². The Balaban J connectivity index is 2.13. The van der Waals surface area contributed by atoms with E-state index >= 15 is 0 Å². The van der Waals surface area contributed by atoms with Gasteiger partial charge in [0, 0.05) is 38.2 Å². The Hall–Kier alpha value is -2.70. The minimum atomic E-state index is 0.229. The van der Waals surface area contributed by atoms with Gasteiger partial charge in [-0.1, -0.05) is 0 Å². The number of nitrogens with two attached hydrogens (primary N) is 1. The second-order valence-corrected chi connectivity index (χ2v) is 4.31. The fourth-order valence-electron chi connectivity index (χ4n) is 1.83. The number of hydrogen-bond acceptors (Lipinski definition) is 6. The molecule has 96 valence electrons. The van der Waals surface area contributed by atoms with Gasteiger partial charge in [0.2, 0.25) is 5.95 Å². The molecule has 19 heavy (non-hydrogen) atoms. The lowest BCUT2D eigenvalue weighted by Crippen LogP contribution is -2.10. The van der Waals surface area contributed by atoms with Crippen LogP contribution in [0, 0.1) is 0 Å². The zero-order valence-corrected chi connectivity index (χ0v) is 10.6. The number of fused-ring (bicyclic) bond motifs is 1. The van der Waals surface area contributed by atoms with Gasteiger partial charge in [-0.3, -0.25) is 4.98 Å². The molecule has 0 radical (unpaired) electrons. The van der Waals surface area contributed by atoms with Crippen molar-refractivity contribution in [1.82, 2.24) is 24.6 Å². The Morgan fingerprint density at radius 1 is 1.21 bits per heavy atom. The molecule has 0 spiro atoms. The Kier molecular flexibility index (Phi) is 2.52. The molecule has 0 saturated carbocycles. The SMILES string of the molecule is CN(C)c1ccc(-c2nccn3nc(N)nc23)cn1. The lowest BCUT2D eigenvalue weighted by Gasteiger charge is -2.11. The van der Waals surface area contributed by atoms with E-state index in [2.05, 4.69) is 20.1 Å². The number of anilines is 2. The summed E-state index contributed by atoms with van der Waals surface area (Å²) < 4.78 is 1.61. The molecule has 3 aromatic heterocycles. The number of nitrogen functional groups attached to an aromatic ring is 1. The van der Waals surface area contributed by atoms with E-state index in [0.29, 0.717) is 11.3 Å². The standard InChI is InChI=1S/C12H13N7/c1-18(2)9-4-3-8(7-15-9)10-11-16-12(13)17-19(11)6-5-14-10/h3-7H,1-2H3,(H2,13,17). The van der Waals surface area contributed by atoms with Gasteiger partial charge in [0.05, 0.1) is 0 Å². The van der Waals surface area contributed by atoms with Crippen LogP contribution in [0.4, 0.5) is 11.8 Å². The van der Waals surface area contributed by atoms with Gasteiger partial charge in [0.15, 0.2) is 5.65 Å². The van der Waals surface area contributed by atoms with Crippen LogP contribution in [0.15, 0.2) is 30.7 Å². The summed E-state index contributed by atoms with van der Waals surface area (Å²) in [7, 11) is 3.89. The Bertz CT molecular complexity index is 715. The lowest BCUT2D eigenvalue weighted by atomic mass is 10.2. The predicted octanol–water partition coefficient (Wildman–Crippen LogP) is 0.834. The van der Waals surface area contributed by atoms with E-state index in [-0.39, 0.29) is 5.95 Å². The minimum absolute atomic E-state index is 0.229. The van der Waals surface area contributed by atoms with E-state index in [1.54, 1.807) is 23.1 Å². The Morgan fingerprint density at radius 2 is 2.05 bits per heavy atom. The van der Waals surface area contributed by atoms with Crippen molar-refractivity contribution in [2.75, 3.05) is 24.7 Å². The van der Waals surface area contributed by atoms with Crippen LogP contribution in [-0.2, 0) is 0 Å². The van der Waals surface area contributed by atoms with Crippen LogP contribution < -0.4 is 10.6 Å². The van der Waals surface area contributed by atoms with E-state index in [4.69, 9.17) is 5.73 Å². The molecule has 0 aliphatic rings. The van der Waals surface area contributed by atoms with Crippen LogP contribution >= 0.6 is 0 Å². The van der Waals surface area contributed by atoms with Gasteiger partial charge >= 0.3 is 0 Å². The second kappa shape index (κ2) is 4.20. The van der Waals surface area contributed by atoms with Gasteiger partial charge in [-0.05, 0) is 12.1 Å². The third-order valence-electron chi connectivity index (χ3n) is 2.75. The zero-order valence-electron chi connectivity index (χ0n) is 10.6. The average Bonchev–Trinajstić information content (AvgIpc) is 2.78. The molecule has 0 atom stereocenters. The quantitative estimate of drug-likeness (QED) is 0.730. The highest BCUT2D eigenvalue weighted by molar-refractivity contribution is 5.73. The monoisotopic (exact) mass is 255 g/mol. The molecular weight excluding hydrogens is 242 g/mol. The third-order valence-corrected chi connectivity index (χ3v) is 2.75. The summed E-state index contributed by atoms with van der Waals surface area (Å²) in [5.74, 6) is 1.11. The van der Waals surface area contributed by atoms with Crippen LogP contribution in [0.2, 0.25) is 0 Å². The van der Waals surface area contributed by atoms with Gasteiger partial charge in [-0.25, -0.2) is 9.50 Å².